The number of aromatic nitrogens is 5. The van der Waals surface area contributed by atoms with Crippen molar-refractivity contribution < 1.29 is 4.39 Å². The quantitative estimate of drug-likeness (QED) is 0.570. The molecule has 5 heterocycles. The van der Waals surface area contributed by atoms with Gasteiger partial charge in [0, 0.05) is 23.4 Å². The predicted octanol–water partition coefficient (Wildman–Crippen LogP) is 3.44. The molecule has 0 aromatic carbocycles. The molecule has 4 fully saturated rings. The second-order valence-corrected chi connectivity index (χ2v) is 9.82. The molecule has 3 aliphatic carbocycles. The number of nitrogens with one attached hydrogen (secondary N) is 1. The highest BCUT2D eigenvalue weighted by Crippen LogP contribution is 2.76. The van der Waals surface area contributed by atoms with E-state index in [0.29, 0.717) is 11.1 Å². The maximum atomic E-state index is 15.0. The van der Waals surface area contributed by atoms with Crippen LogP contribution in [0.25, 0.3) is 22.6 Å². The number of aryl methyl sites for hydroxylation is 2. The van der Waals surface area contributed by atoms with Crippen molar-refractivity contribution in [2.45, 2.75) is 38.5 Å². The Morgan fingerprint density at radius 1 is 1.03 bits per heavy atom. The highest BCUT2D eigenvalue weighted by molar-refractivity contribution is 5.65. The summed E-state index contributed by atoms with van der Waals surface area (Å²) < 4.78 is 18.6. The van der Waals surface area contributed by atoms with Crippen molar-refractivity contribution in [2.24, 2.45) is 11.3 Å². The fourth-order valence-corrected chi connectivity index (χ4v) is 6.13. The van der Waals surface area contributed by atoms with Crippen LogP contribution < -0.4 is 5.32 Å². The van der Waals surface area contributed by atoms with E-state index in [9.17, 15) is 0 Å². The summed E-state index contributed by atoms with van der Waals surface area (Å²) in [4.78, 5) is 9.22. The molecule has 30 heavy (non-hydrogen) atoms. The minimum Gasteiger partial charge on any atom is -0.316 e. The smallest absolute Gasteiger partial charge is 0.173 e. The molecule has 1 saturated heterocycles. The highest BCUT2D eigenvalue weighted by atomic mass is 19.1. The molecule has 8 rings (SSSR count). The molecular formula is C23H23FN6. The highest BCUT2D eigenvalue weighted by Gasteiger charge is 2.72. The van der Waals surface area contributed by atoms with Gasteiger partial charge in [-0.2, -0.15) is 5.10 Å². The van der Waals surface area contributed by atoms with E-state index < -0.39 is 0 Å². The molecular weight excluding hydrogens is 379 g/mol. The van der Waals surface area contributed by atoms with Crippen molar-refractivity contribution in [1.82, 2.24) is 29.3 Å². The third kappa shape index (κ3) is 2.03. The van der Waals surface area contributed by atoms with Crippen molar-refractivity contribution >= 4 is 11.3 Å². The van der Waals surface area contributed by atoms with Crippen LogP contribution in [0.15, 0.2) is 30.7 Å². The number of nitrogens with zero attached hydrogens (tertiary/aromatic N) is 5. The number of pyridine rings is 1. The Kier molecular flexibility index (Phi) is 2.97. The Balaban J connectivity index is 1.27. The van der Waals surface area contributed by atoms with E-state index >= 15 is 4.39 Å². The Hall–Kier alpha value is -2.80. The maximum absolute atomic E-state index is 15.0. The summed E-state index contributed by atoms with van der Waals surface area (Å²) in [7, 11) is 0. The van der Waals surface area contributed by atoms with Gasteiger partial charge >= 0.3 is 0 Å². The van der Waals surface area contributed by atoms with Gasteiger partial charge in [-0.25, -0.2) is 18.9 Å². The first-order valence-electron chi connectivity index (χ1n) is 10.7. The van der Waals surface area contributed by atoms with Crippen LogP contribution in [-0.4, -0.2) is 37.1 Å². The lowest BCUT2D eigenvalue weighted by Gasteiger charge is -2.74. The van der Waals surface area contributed by atoms with Gasteiger partial charge in [0.2, 0.25) is 0 Å². The molecule has 152 valence electrons. The average molecular weight is 402 g/mol. The fourth-order valence-electron chi connectivity index (χ4n) is 6.13. The van der Waals surface area contributed by atoms with E-state index in [1.54, 1.807) is 10.6 Å². The van der Waals surface area contributed by atoms with E-state index in [0.717, 1.165) is 52.9 Å². The van der Waals surface area contributed by atoms with Crippen LogP contribution in [0.5, 0.6) is 0 Å². The van der Waals surface area contributed by atoms with E-state index in [-0.39, 0.29) is 11.2 Å². The number of hydrogen-bond acceptors (Lipinski definition) is 4. The molecule has 3 saturated carbocycles. The summed E-state index contributed by atoms with van der Waals surface area (Å²) in [6, 6.07) is 3.52. The number of rotatable bonds is 3. The summed E-state index contributed by atoms with van der Waals surface area (Å²) in [5, 5.41) is 8.06. The molecule has 1 aliphatic heterocycles. The summed E-state index contributed by atoms with van der Waals surface area (Å²) >= 11 is 0. The first-order chi connectivity index (χ1) is 14.4. The summed E-state index contributed by atoms with van der Waals surface area (Å²) in [6.45, 7) is 6.27. The molecule has 4 aromatic rings. The van der Waals surface area contributed by atoms with Crippen LogP contribution >= 0.6 is 0 Å². The second-order valence-electron chi connectivity index (χ2n) is 9.82. The van der Waals surface area contributed by atoms with Gasteiger partial charge in [-0.05, 0) is 75.2 Å². The molecule has 0 spiro atoms. The lowest BCUT2D eigenvalue weighted by molar-refractivity contribution is -0.193. The Labute approximate surface area is 173 Å². The topological polar surface area (TPSA) is 59.5 Å². The van der Waals surface area contributed by atoms with Gasteiger partial charge in [-0.1, -0.05) is 0 Å². The van der Waals surface area contributed by atoms with Crippen molar-refractivity contribution in [3.05, 3.63) is 53.5 Å². The zero-order chi connectivity index (χ0) is 20.3. The third-order valence-corrected chi connectivity index (χ3v) is 7.79. The van der Waals surface area contributed by atoms with Crippen LogP contribution in [0.1, 0.15) is 36.2 Å². The van der Waals surface area contributed by atoms with Gasteiger partial charge in [0.05, 0.1) is 23.3 Å². The van der Waals surface area contributed by atoms with Crippen molar-refractivity contribution in [3.8, 4) is 11.3 Å². The van der Waals surface area contributed by atoms with Crippen LogP contribution in [0.3, 0.4) is 0 Å². The van der Waals surface area contributed by atoms with E-state index in [2.05, 4.69) is 15.4 Å². The summed E-state index contributed by atoms with van der Waals surface area (Å²) in [6.07, 6.45) is 9.51. The van der Waals surface area contributed by atoms with Crippen molar-refractivity contribution in [1.29, 1.82) is 0 Å². The van der Waals surface area contributed by atoms with Crippen LogP contribution in [-0.2, 0) is 5.41 Å². The molecule has 4 aromatic heterocycles. The van der Waals surface area contributed by atoms with Crippen LogP contribution in [0.2, 0.25) is 0 Å². The van der Waals surface area contributed by atoms with Gasteiger partial charge in [0.15, 0.2) is 17.1 Å². The molecule has 7 heteroatoms. The first-order valence-corrected chi connectivity index (χ1v) is 10.7. The zero-order valence-corrected chi connectivity index (χ0v) is 17.1. The predicted molar refractivity (Wildman–Crippen MR) is 111 cm³/mol. The largest absolute Gasteiger partial charge is 0.316 e. The third-order valence-electron chi connectivity index (χ3n) is 7.79. The Morgan fingerprint density at radius 2 is 1.83 bits per heavy atom. The van der Waals surface area contributed by atoms with E-state index in [4.69, 9.17) is 4.98 Å². The van der Waals surface area contributed by atoms with E-state index in [1.165, 1.54) is 19.3 Å². The molecule has 4 aliphatic rings. The van der Waals surface area contributed by atoms with Gasteiger partial charge in [-0.3, -0.25) is 0 Å². The van der Waals surface area contributed by atoms with E-state index in [1.807, 2.05) is 42.9 Å². The minimum absolute atomic E-state index is 0.177. The van der Waals surface area contributed by atoms with Gasteiger partial charge in [0.25, 0.3) is 0 Å². The van der Waals surface area contributed by atoms with Gasteiger partial charge in [0.1, 0.15) is 0 Å². The average Bonchev–Trinajstić information content (AvgIpc) is 3.18. The summed E-state index contributed by atoms with van der Waals surface area (Å²) in [5.41, 5.74) is 6.42. The maximum Gasteiger partial charge on any atom is 0.173 e. The number of hydrogen-bond donors (Lipinski definition) is 1. The zero-order valence-electron chi connectivity index (χ0n) is 17.1. The number of halogens is 1. The molecule has 2 bridgehead atoms. The number of fused-ring (bicyclic) bond motifs is 2. The van der Waals surface area contributed by atoms with Crippen LogP contribution in [0, 0.1) is 31.0 Å². The molecule has 1 N–H and O–H groups in total. The monoisotopic (exact) mass is 402 g/mol. The van der Waals surface area contributed by atoms with Crippen molar-refractivity contribution in [3.63, 3.8) is 0 Å². The van der Waals surface area contributed by atoms with Gasteiger partial charge < -0.3 is 9.72 Å². The second kappa shape index (κ2) is 5.27. The normalized spacial score (nSPS) is 27.8. The number of imidazole rings is 2. The standard InChI is InChI=1S/C23H23FN6/c1-13-3-18(28-30-7-14(2)26-20(13)30)15-4-17(24)21-27-19(9-29(21)8-15)23-10-22(11-23,12-23)16-5-25-6-16/h3-4,7-9,16,25H,5-6,10-12H2,1-2H3. The Morgan fingerprint density at radius 3 is 2.57 bits per heavy atom. The molecule has 0 unspecified atom stereocenters. The fraction of sp³-hybridized carbons (Fsp3) is 0.435. The van der Waals surface area contributed by atoms with Crippen molar-refractivity contribution in [2.75, 3.05) is 13.1 Å². The molecule has 0 amide bonds. The molecule has 0 radical (unpaired) electrons. The SMILES string of the molecule is Cc1cn2nc(-c3cc(F)c4nc(C56CC(C7CNC7)(C5)C6)cn4c3)cc(C)c2n1. The lowest BCUT2D eigenvalue weighted by atomic mass is 9.31. The lowest BCUT2D eigenvalue weighted by Crippen LogP contribution is -2.72. The Bertz CT molecular complexity index is 1340. The van der Waals surface area contributed by atoms with Crippen LogP contribution in [0.4, 0.5) is 4.39 Å². The molecule has 6 nitrogen and oxygen atoms in total. The minimum atomic E-state index is -0.301. The summed E-state index contributed by atoms with van der Waals surface area (Å²) in [5.74, 6) is 0.528. The molecule has 0 atom stereocenters. The first kappa shape index (κ1) is 16.9. The van der Waals surface area contributed by atoms with Gasteiger partial charge in [-0.15, -0.1) is 0 Å².